The number of aryl methyl sites for hydroxylation is 1. The van der Waals surface area contributed by atoms with Gasteiger partial charge in [-0.2, -0.15) is 41.7 Å². The Kier molecular flexibility index (Phi) is 11.5. The molecule has 1 atom stereocenters. The predicted octanol–water partition coefficient (Wildman–Crippen LogP) is 4.99. The normalized spacial score (nSPS) is 17.5. The summed E-state index contributed by atoms with van der Waals surface area (Å²) in [5.41, 5.74) is 7.07. The minimum Gasteiger partial charge on any atom is -0.462 e. The summed E-state index contributed by atoms with van der Waals surface area (Å²) >= 11 is 0. The molecule has 1 saturated heterocycles. The zero-order valence-electron chi connectivity index (χ0n) is 25.9. The summed E-state index contributed by atoms with van der Waals surface area (Å²) in [5, 5.41) is 7.03. The van der Waals surface area contributed by atoms with E-state index in [1.54, 1.807) is 25.8 Å². The Morgan fingerprint density at radius 1 is 1.26 bits per heavy atom. The summed E-state index contributed by atoms with van der Waals surface area (Å²) in [5.74, 6) is -4.11. The number of H-pyrrole nitrogens is 1. The van der Waals surface area contributed by atoms with Crippen molar-refractivity contribution in [3.05, 3.63) is 47.1 Å². The van der Waals surface area contributed by atoms with Crippen molar-refractivity contribution < 1.29 is 35.9 Å². The molecule has 2 aliphatic heterocycles. The van der Waals surface area contributed by atoms with Crippen LogP contribution in [0, 0.1) is 6.92 Å². The minimum absolute atomic E-state index is 0. The molecule has 0 aliphatic carbocycles. The SMILES string of the molecule is C=C(F)C(=O)N(CC)CC.Cc1cc2[nH]ncc2c(N2CCc3c(N)nc(OC[C@@H]4CC(F)(F)CN4C)nc3C2)c1C(F)(F)F.S. The first-order valence-electron chi connectivity index (χ1n) is 14.3. The lowest BCUT2D eigenvalue weighted by Gasteiger charge is -2.33. The van der Waals surface area contributed by atoms with Crippen LogP contribution in [-0.4, -0.2) is 87.7 Å². The number of carbonyl (C=O) groups is 1. The molecule has 4 heterocycles. The molecule has 17 heteroatoms. The van der Waals surface area contributed by atoms with Gasteiger partial charge in [0, 0.05) is 43.0 Å². The van der Waals surface area contributed by atoms with Crippen LogP contribution in [0.25, 0.3) is 10.9 Å². The van der Waals surface area contributed by atoms with E-state index in [1.807, 2.05) is 0 Å². The highest BCUT2D eigenvalue weighted by atomic mass is 32.1. The number of carbonyl (C=O) groups excluding carboxylic acids is 1. The number of aromatic amines is 1. The van der Waals surface area contributed by atoms with Gasteiger partial charge in [-0.3, -0.25) is 14.8 Å². The van der Waals surface area contributed by atoms with Crippen LogP contribution in [0.4, 0.5) is 37.8 Å². The summed E-state index contributed by atoms with van der Waals surface area (Å²) in [6.45, 7) is 8.88. The summed E-state index contributed by atoms with van der Waals surface area (Å²) in [6.07, 6.45) is -3.19. The van der Waals surface area contributed by atoms with Crippen LogP contribution in [0.15, 0.2) is 24.7 Å². The number of benzene rings is 1. The van der Waals surface area contributed by atoms with E-state index in [0.29, 0.717) is 41.7 Å². The average molecular weight is 677 g/mol. The highest BCUT2D eigenvalue weighted by molar-refractivity contribution is 7.59. The number of nitrogens with zero attached hydrogens (tertiary/aromatic N) is 6. The van der Waals surface area contributed by atoms with Crippen LogP contribution in [0.5, 0.6) is 6.01 Å². The number of alkyl halides is 5. The van der Waals surface area contributed by atoms with E-state index in [9.17, 15) is 31.1 Å². The van der Waals surface area contributed by atoms with Gasteiger partial charge in [0.1, 0.15) is 12.4 Å². The quantitative estimate of drug-likeness (QED) is 0.266. The Morgan fingerprint density at radius 3 is 2.48 bits per heavy atom. The molecule has 1 fully saturated rings. The Bertz CT molecular complexity index is 1560. The van der Waals surface area contributed by atoms with Gasteiger partial charge >= 0.3 is 12.2 Å². The second-order valence-corrected chi connectivity index (χ2v) is 11.1. The maximum Gasteiger partial charge on any atom is 0.418 e. The van der Waals surface area contributed by atoms with Gasteiger partial charge in [-0.25, -0.2) is 13.2 Å². The molecule has 0 spiro atoms. The molecule has 3 N–H and O–H groups in total. The number of halogens is 6. The molecule has 2 aromatic heterocycles. The number of nitrogens with two attached hydrogens (primary N) is 1. The van der Waals surface area contributed by atoms with E-state index in [4.69, 9.17) is 10.5 Å². The molecular weight excluding hydrogens is 638 g/mol. The molecule has 0 bridgehead atoms. The second-order valence-electron chi connectivity index (χ2n) is 11.1. The third-order valence-corrected chi connectivity index (χ3v) is 7.92. The molecular formula is C29H38F6N8O2S. The number of ether oxygens (including phenoxy) is 1. The first-order valence-corrected chi connectivity index (χ1v) is 14.3. The van der Waals surface area contributed by atoms with Gasteiger partial charge in [-0.15, -0.1) is 0 Å². The lowest BCUT2D eigenvalue weighted by molar-refractivity contribution is -0.137. The third kappa shape index (κ3) is 7.97. The number of likely N-dealkylation sites (N-methyl/N-ethyl adjacent to an activating group) is 2. The first-order chi connectivity index (χ1) is 21.1. The number of anilines is 2. The molecule has 254 valence electrons. The largest absolute Gasteiger partial charge is 0.462 e. The monoisotopic (exact) mass is 676 g/mol. The van der Waals surface area contributed by atoms with E-state index in [0.717, 1.165) is 0 Å². The van der Waals surface area contributed by atoms with Gasteiger partial charge in [0.2, 0.25) is 0 Å². The average Bonchev–Trinajstić information content (AvgIpc) is 3.52. The van der Waals surface area contributed by atoms with Gasteiger partial charge in [-0.1, -0.05) is 6.58 Å². The van der Waals surface area contributed by atoms with Crippen molar-refractivity contribution in [3.8, 4) is 6.01 Å². The van der Waals surface area contributed by atoms with E-state index >= 15 is 0 Å². The summed E-state index contributed by atoms with van der Waals surface area (Å²) in [7, 11) is 1.59. The third-order valence-electron chi connectivity index (χ3n) is 7.92. The lowest BCUT2D eigenvalue weighted by Crippen LogP contribution is -2.34. The van der Waals surface area contributed by atoms with Crippen molar-refractivity contribution in [2.24, 2.45) is 0 Å². The van der Waals surface area contributed by atoms with Gasteiger partial charge < -0.3 is 20.3 Å². The summed E-state index contributed by atoms with van der Waals surface area (Å²) < 4.78 is 87.3. The highest BCUT2D eigenvalue weighted by Gasteiger charge is 2.43. The summed E-state index contributed by atoms with van der Waals surface area (Å²) in [6, 6.07) is 0.834. The maximum atomic E-state index is 14.1. The summed E-state index contributed by atoms with van der Waals surface area (Å²) in [4.78, 5) is 23.8. The van der Waals surface area contributed by atoms with Crippen molar-refractivity contribution in [2.45, 2.75) is 58.3 Å². The fourth-order valence-corrected chi connectivity index (χ4v) is 5.68. The number of nitrogens with one attached hydrogen (secondary N) is 1. The lowest BCUT2D eigenvalue weighted by atomic mass is 9.98. The Balaban J connectivity index is 0.000000455. The number of aromatic nitrogens is 4. The van der Waals surface area contributed by atoms with Crippen molar-refractivity contribution in [2.75, 3.05) is 50.5 Å². The molecule has 0 saturated carbocycles. The zero-order valence-corrected chi connectivity index (χ0v) is 26.9. The number of hydrogen-bond acceptors (Lipinski definition) is 8. The van der Waals surface area contributed by atoms with Gasteiger partial charge in [0.15, 0.2) is 5.83 Å². The second kappa shape index (κ2) is 14.4. The van der Waals surface area contributed by atoms with Crippen LogP contribution in [-0.2, 0) is 23.9 Å². The highest BCUT2D eigenvalue weighted by Crippen LogP contribution is 2.44. The van der Waals surface area contributed by atoms with Crippen molar-refractivity contribution in [1.29, 1.82) is 0 Å². The van der Waals surface area contributed by atoms with Crippen LogP contribution in [0.1, 0.15) is 42.7 Å². The Labute approximate surface area is 269 Å². The molecule has 10 nitrogen and oxygen atoms in total. The van der Waals surface area contributed by atoms with E-state index < -0.39 is 35.4 Å². The number of amides is 1. The first kappa shape index (κ1) is 36.7. The van der Waals surface area contributed by atoms with Crippen LogP contribution >= 0.6 is 13.5 Å². The molecule has 3 aromatic rings. The molecule has 0 radical (unpaired) electrons. The maximum absolute atomic E-state index is 14.1. The fourth-order valence-electron chi connectivity index (χ4n) is 5.68. The predicted molar refractivity (Wildman–Crippen MR) is 167 cm³/mol. The van der Waals surface area contributed by atoms with Crippen LogP contribution < -0.4 is 15.4 Å². The molecule has 0 unspecified atom stereocenters. The smallest absolute Gasteiger partial charge is 0.418 e. The number of likely N-dealkylation sites (tertiary alicyclic amines) is 1. The van der Waals surface area contributed by atoms with E-state index in [1.165, 1.54) is 29.0 Å². The van der Waals surface area contributed by atoms with E-state index in [-0.39, 0.29) is 69.2 Å². The van der Waals surface area contributed by atoms with Crippen LogP contribution in [0.3, 0.4) is 0 Å². The Hall–Kier alpha value is -3.73. The zero-order chi connectivity index (χ0) is 33.3. The Morgan fingerprint density at radius 2 is 1.93 bits per heavy atom. The molecule has 46 heavy (non-hydrogen) atoms. The van der Waals surface area contributed by atoms with Crippen molar-refractivity contribution in [1.82, 2.24) is 30.0 Å². The molecule has 5 rings (SSSR count). The number of nitrogen functional groups attached to an aromatic ring is 1. The molecule has 1 amide bonds. The standard InChI is InChI=1S/C22H24F5N7O.C7H12FNO.H2S/c1-11-5-15-14(7-29-32-15)18(17(11)22(25,26)27)34-4-3-13-16(8-34)30-20(31-19(13)28)35-9-12-6-21(23,24)10-33(12)2;1-4-9(5-2)7(10)6(3)8;/h5,7,12H,3-4,6,8-10H2,1-2H3,(H,29,32)(H2,28,30,31);3-5H2,1-2H3;1H2/t12-;;/m0../s1. The van der Waals surface area contributed by atoms with Crippen molar-refractivity contribution >= 4 is 41.8 Å². The number of rotatable bonds is 7. The molecule has 1 aromatic carbocycles. The van der Waals surface area contributed by atoms with Gasteiger partial charge in [0.05, 0.1) is 41.7 Å². The number of fused-ring (bicyclic) bond motifs is 2. The topological polar surface area (TPSA) is 116 Å². The fraction of sp³-hybridized carbons (Fsp3) is 0.517. The van der Waals surface area contributed by atoms with E-state index in [2.05, 4.69) is 26.7 Å². The van der Waals surface area contributed by atoms with Crippen molar-refractivity contribution in [3.63, 3.8) is 0 Å². The molecule has 2 aliphatic rings. The minimum atomic E-state index is -4.57. The number of hydrogen-bond donors (Lipinski definition) is 2. The van der Waals surface area contributed by atoms with Gasteiger partial charge in [-0.05, 0) is 45.9 Å². The van der Waals surface area contributed by atoms with Crippen LogP contribution in [0.2, 0.25) is 0 Å². The van der Waals surface area contributed by atoms with Gasteiger partial charge in [0.25, 0.3) is 11.8 Å².